The van der Waals surface area contributed by atoms with Gasteiger partial charge in [0.25, 0.3) is 0 Å². The van der Waals surface area contributed by atoms with Crippen LogP contribution >= 0.6 is 0 Å². The van der Waals surface area contributed by atoms with Crippen molar-refractivity contribution in [3.8, 4) is 0 Å². The summed E-state index contributed by atoms with van der Waals surface area (Å²) >= 11 is 0. The molecular weight excluding hydrogens is 323 g/mol. The maximum Gasteiger partial charge on any atom is 0.416 e. The predicted octanol–water partition coefficient (Wildman–Crippen LogP) is 3.68. The van der Waals surface area contributed by atoms with Crippen LogP contribution in [0.5, 0.6) is 0 Å². The molecule has 24 heavy (non-hydrogen) atoms. The lowest BCUT2D eigenvalue weighted by atomic mass is 10.0. The van der Waals surface area contributed by atoms with E-state index < -0.39 is 29.7 Å². The minimum Gasteiger partial charge on any atom is -0.338 e. The summed E-state index contributed by atoms with van der Waals surface area (Å²) in [5.41, 5.74) is -0.0259. The normalized spacial score (nSPS) is 14.2. The molecule has 1 aromatic carbocycles. The van der Waals surface area contributed by atoms with Crippen LogP contribution in [0.4, 0.5) is 19.1 Å². The number of carbonyl (C=O) groups excluding carboxylic acids is 1. The van der Waals surface area contributed by atoms with Gasteiger partial charge in [-0.1, -0.05) is 23.4 Å². The van der Waals surface area contributed by atoms with Crippen LogP contribution in [0.1, 0.15) is 36.7 Å². The third-order valence-corrected chi connectivity index (χ3v) is 3.50. The highest BCUT2D eigenvalue weighted by molar-refractivity contribution is 5.93. The summed E-state index contributed by atoms with van der Waals surface area (Å²) in [4.78, 5) is 12.1. The second-order valence-electron chi connectivity index (χ2n) is 5.52. The van der Waals surface area contributed by atoms with Gasteiger partial charge >= 0.3 is 6.18 Å². The van der Waals surface area contributed by atoms with Crippen molar-refractivity contribution in [1.29, 1.82) is 0 Å². The van der Waals surface area contributed by atoms with Gasteiger partial charge in [-0.2, -0.15) is 13.2 Å². The molecule has 2 atom stereocenters. The van der Waals surface area contributed by atoms with Gasteiger partial charge in [-0.3, -0.25) is 15.4 Å². The van der Waals surface area contributed by atoms with Crippen LogP contribution in [0.2, 0.25) is 0 Å². The molecule has 0 aliphatic rings. The van der Waals surface area contributed by atoms with Crippen molar-refractivity contribution in [1.82, 2.24) is 10.5 Å². The van der Waals surface area contributed by atoms with Crippen LogP contribution in [0.15, 0.2) is 34.9 Å². The summed E-state index contributed by atoms with van der Waals surface area (Å²) in [6.45, 7) is 4.84. The zero-order valence-electron chi connectivity index (χ0n) is 13.4. The predicted molar refractivity (Wildman–Crippen MR) is 82.3 cm³/mol. The summed E-state index contributed by atoms with van der Waals surface area (Å²) < 4.78 is 44.1. The molecule has 2 aromatic rings. The first-order valence-corrected chi connectivity index (χ1v) is 7.35. The summed E-state index contributed by atoms with van der Waals surface area (Å²) in [5, 5.41) is 9.01. The smallest absolute Gasteiger partial charge is 0.338 e. The molecule has 8 heteroatoms. The number of nitrogens with zero attached hydrogens (tertiary/aromatic N) is 1. The van der Waals surface area contributed by atoms with Gasteiger partial charge in [0.05, 0.1) is 17.3 Å². The molecule has 130 valence electrons. The van der Waals surface area contributed by atoms with Crippen molar-refractivity contribution in [3.63, 3.8) is 0 Å². The molecule has 0 aliphatic heterocycles. The zero-order chi connectivity index (χ0) is 17.9. The monoisotopic (exact) mass is 341 g/mol. The van der Waals surface area contributed by atoms with Gasteiger partial charge in [0.2, 0.25) is 11.8 Å². The molecular formula is C16H18F3N3O2. The molecule has 0 bridgehead atoms. The van der Waals surface area contributed by atoms with E-state index in [4.69, 9.17) is 4.52 Å². The number of rotatable bonds is 5. The van der Waals surface area contributed by atoms with E-state index in [1.165, 1.54) is 18.2 Å². The van der Waals surface area contributed by atoms with Crippen LogP contribution in [0.25, 0.3) is 0 Å². The number of halogens is 3. The first-order chi connectivity index (χ1) is 11.2. The molecule has 0 saturated carbocycles. The number of aromatic nitrogens is 1. The lowest BCUT2D eigenvalue weighted by molar-refractivity contribution is -0.138. The maximum absolute atomic E-state index is 13.1. The molecule has 1 aromatic heterocycles. The molecule has 5 nitrogen and oxygen atoms in total. The Labute approximate surface area is 137 Å². The molecule has 0 spiro atoms. The molecule has 0 saturated heterocycles. The van der Waals surface area contributed by atoms with Crippen LogP contribution in [-0.4, -0.2) is 17.1 Å². The largest absolute Gasteiger partial charge is 0.416 e. The van der Waals surface area contributed by atoms with Crippen LogP contribution < -0.4 is 10.6 Å². The van der Waals surface area contributed by atoms with Gasteiger partial charge in [-0.05, 0) is 32.4 Å². The zero-order valence-corrected chi connectivity index (χ0v) is 13.4. The first kappa shape index (κ1) is 18.0. The van der Waals surface area contributed by atoms with Crippen molar-refractivity contribution in [3.05, 3.63) is 47.2 Å². The lowest BCUT2D eigenvalue weighted by Gasteiger charge is -2.22. The van der Waals surface area contributed by atoms with Gasteiger partial charge in [0.1, 0.15) is 0 Å². The molecule has 0 fully saturated rings. The van der Waals surface area contributed by atoms with Crippen LogP contribution in [0.3, 0.4) is 0 Å². The third-order valence-electron chi connectivity index (χ3n) is 3.50. The SMILES string of the molecule is Cc1cc(NC(=O)[C@@H](C)N[C@H](C)c2ccccc2C(F)(F)F)on1. The van der Waals surface area contributed by atoms with E-state index in [2.05, 4.69) is 15.8 Å². The van der Waals surface area contributed by atoms with Gasteiger partial charge < -0.3 is 4.52 Å². The highest BCUT2D eigenvalue weighted by atomic mass is 19.4. The van der Waals surface area contributed by atoms with E-state index in [9.17, 15) is 18.0 Å². The Hall–Kier alpha value is -2.35. The van der Waals surface area contributed by atoms with Crippen molar-refractivity contribution in [2.24, 2.45) is 0 Å². The summed E-state index contributed by atoms with van der Waals surface area (Å²) in [6.07, 6.45) is -4.45. The number of nitrogens with one attached hydrogen (secondary N) is 2. The second-order valence-corrected chi connectivity index (χ2v) is 5.52. The van der Waals surface area contributed by atoms with Gasteiger partial charge in [0, 0.05) is 12.1 Å². The third kappa shape index (κ3) is 4.35. The fourth-order valence-corrected chi connectivity index (χ4v) is 2.33. The minimum atomic E-state index is -4.45. The van der Waals surface area contributed by atoms with Gasteiger partial charge in [-0.15, -0.1) is 0 Å². The lowest BCUT2D eigenvalue weighted by Crippen LogP contribution is -2.39. The van der Waals surface area contributed by atoms with E-state index in [1.807, 2.05) is 0 Å². The highest BCUT2D eigenvalue weighted by Gasteiger charge is 2.34. The van der Waals surface area contributed by atoms with Crippen molar-refractivity contribution in [2.75, 3.05) is 5.32 Å². The van der Waals surface area contributed by atoms with Gasteiger partial charge in [0.15, 0.2) is 0 Å². The van der Waals surface area contributed by atoms with Crippen molar-refractivity contribution >= 4 is 11.8 Å². The number of amides is 1. The Morgan fingerprint density at radius 1 is 1.25 bits per heavy atom. The molecule has 0 aliphatic carbocycles. The topological polar surface area (TPSA) is 67.2 Å². The van der Waals surface area contributed by atoms with Crippen LogP contribution in [0, 0.1) is 6.92 Å². The molecule has 1 amide bonds. The average Bonchev–Trinajstić information content (AvgIpc) is 2.91. The Morgan fingerprint density at radius 3 is 2.50 bits per heavy atom. The molecule has 1 heterocycles. The number of benzene rings is 1. The Kier molecular flexibility index (Phi) is 5.28. The number of alkyl halides is 3. The summed E-state index contributed by atoms with van der Waals surface area (Å²) in [6, 6.07) is 5.44. The minimum absolute atomic E-state index is 0.0835. The highest BCUT2D eigenvalue weighted by Crippen LogP contribution is 2.34. The number of aryl methyl sites for hydroxylation is 1. The molecule has 0 radical (unpaired) electrons. The first-order valence-electron chi connectivity index (χ1n) is 7.35. The summed E-state index contributed by atoms with van der Waals surface area (Å²) in [5.74, 6) is -0.239. The van der Waals surface area contributed by atoms with E-state index in [-0.39, 0.29) is 11.4 Å². The summed E-state index contributed by atoms with van der Waals surface area (Å²) in [7, 11) is 0. The van der Waals surface area contributed by atoms with E-state index in [1.54, 1.807) is 26.8 Å². The Bertz CT molecular complexity index is 713. The fraction of sp³-hybridized carbons (Fsp3) is 0.375. The molecule has 2 N–H and O–H groups in total. The van der Waals surface area contributed by atoms with E-state index in [0.29, 0.717) is 5.69 Å². The number of anilines is 1. The van der Waals surface area contributed by atoms with Crippen molar-refractivity contribution in [2.45, 2.75) is 39.0 Å². The van der Waals surface area contributed by atoms with Crippen LogP contribution in [-0.2, 0) is 11.0 Å². The Morgan fingerprint density at radius 2 is 1.92 bits per heavy atom. The molecule has 2 rings (SSSR count). The second kappa shape index (κ2) is 7.04. The maximum atomic E-state index is 13.1. The van der Waals surface area contributed by atoms with E-state index in [0.717, 1.165) is 6.07 Å². The standard InChI is InChI=1S/C16H18F3N3O2/c1-9-8-14(24-22-9)21-15(23)11(3)20-10(2)12-6-4-5-7-13(12)16(17,18)19/h4-8,10-11,20H,1-3H3,(H,21,23)/t10-,11-/m1/s1. The molecule has 0 unspecified atom stereocenters. The fourth-order valence-electron chi connectivity index (χ4n) is 2.33. The van der Waals surface area contributed by atoms with E-state index >= 15 is 0 Å². The number of hydrogen-bond acceptors (Lipinski definition) is 4. The number of carbonyl (C=O) groups is 1. The quantitative estimate of drug-likeness (QED) is 0.871. The van der Waals surface area contributed by atoms with Crippen molar-refractivity contribution < 1.29 is 22.5 Å². The average molecular weight is 341 g/mol. The number of hydrogen-bond donors (Lipinski definition) is 2. The Balaban J connectivity index is 2.06. The van der Waals surface area contributed by atoms with Gasteiger partial charge in [-0.25, -0.2) is 0 Å².